The van der Waals surface area contributed by atoms with E-state index in [2.05, 4.69) is 0 Å². The minimum atomic E-state index is -0.762. The minimum Gasteiger partial charge on any atom is -0.503 e. The van der Waals surface area contributed by atoms with E-state index in [0.717, 1.165) is 11.1 Å². The third-order valence-corrected chi connectivity index (χ3v) is 4.77. The van der Waals surface area contributed by atoms with Crippen LogP contribution in [0.5, 0.6) is 5.75 Å². The molecule has 1 heterocycles. The number of hydrogen-bond donors (Lipinski definition) is 1. The number of anilines is 1. The number of nitrogens with zero attached hydrogens (tertiary/aromatic N) is 1. The maximum Gasteiger partial charge on any atom is 0.308 e. The molecule has 0 bridgehead atoms. The number of aliphatic hydroxyl groups is 1. The fourth-order valence-electron chi connectivity index (χ4n) is 3.64. The van der Waals surface area contributed by atoms with Gasteiger partial charge in [-0.05, 0) is 54.8 Å². The van der Waals surface area contributed by atoms with Gasteiger partial charge in [0.25, 0.3) is 5.91 Å². The van der Waals surface area contributed by atoms with Crippen molar-refractivity contribution in [2.24, 2.45) is 0 Å². The van der Waals surface area contributed by atoms with Gasteiger partial charge in [-0.25, -0.2) is 0 Å². The summed E-state index contributed by atoms with van der Waals surface area (Å²) in [5.41, 5.74) is 3.25. The average Bonchev–Trinajstić information content (AvgIpc) is 2.92. The predicted molar refractivity (Wildman–Crippen MR) is 109 cm³/mol. The lowest BCUT2D eigenvalue weighted by atomic mass is 9.94. The van der Waals surface area contributed by atoms with Crippen molar-refractivity contribution in [3.05, 3.63) is 70.5 Å². The third-order valence-electron chi connectivity index (χ3n) is 4.77. The summed E-state index contributed by atoms with van der Waals surface area (Å²) < 4.78 is 5.06. The van der Waals surface area contributed by atoms with Crippen LogP contribution in [0.2, 0.25) is 0 Å². The van der Waals surface area contributed by atoms with Gasteiger partial charge in [0.2, 0.25) is 0 Å². The average molecular weight is 393 g/mol. The zero-order valence-electron chi connectivity index (χ0n) is 16.9. The lowest BCUT2D eigenvalue weighted by Gasteiger charge is -2.27. The zero-order valence-corrected chi connectivity index (χ0v) is 16.9. The number of amides is 1. The van der Waals surface area contributed by atoms with Gasteiger partial charge in [-0.2, -0.15) is 0 Å². The molecule has 0 spiro atoms. The molecule has 1 N–H and O–H groups in total. The van der Waals surface area contributed by atoms with E-state index >= 15 is 0 Å². The first kappa shape index (κ1) is 20.3. The highest BCUT2D eigenvalue weighted by Gasteiger charge is 2.43. The van der Waals surface area contributed by atoms with Gasteiger partial charge in [-0.15, -0.1) is 0 Å². The molecule has 0 fully saturated rings. The van der Waals surface area contributed by atoms with Crippen LogP contribution in [0.3, 0.4) is 0 Å². The van der Waals surface area contributed by atoms with Crippen molar-refractivity contribution in [1.29, 1.82) is 0 Å². The molecule has 1 atom stereocenters. The van der Waals surface area contributed by atoms with Gasteiger partial charge in [0.1, 0.15) is 5.75 Å². The molecular weight excluding hydrogens is 370 g/mol. The number of carbonyl (C=O) groups is 3. The standard InChI is InChI=1S/C23H23NO5/c1-5-19(26)20-21(16-6-8-18(9-7-16)29-15(4)25)24(23(28)22(20)27)17-11-13(2)10-14(3)12-17/h6-12,21,27H,5H2,1-4H3. The maximum absolute atomic E-state index is 13.0. The first-order valence-corrected chi connectivity index (χ1v) is 9.39. The number of benzene rings is 2. The van der Waals surface area contributed by atoms with E-state index in [1.165, 1.54) is 11.8 Å². The fraction of sp³-hybridized carbons (Fsp3) is 0.261. The van der Waals surface area contributed by atoms with Gasteiger partial charge in [0.05, 0.1) is 11.6 Å². The third kappa shape index (κ3) is 3.92. The summed E-state index contributed by atoms with van der Waals surface area (Å²) in [6, 6.07) is 11.5. The van der Waals surface area contributed by atoms with Crippen LogP contribution in [0, 0.1) is 13.8 Å². The molecule has 0 saturated carbocycles. The summed E-state index contributed by atoms with van der Waals surface area (Å²) in [4.78, 5) is 38.2. The molecule has 0 aliphatic carbocycles. The molecule has 2 aromatic rings. The Balaban J connectivity index is 2.13. The van der Waals surface area contributed by atoms with Gasteiger partial charge in [-0.3, -0.25) is 19.3 Å². The number of aliphatic hydroxyl groups excluding tert-OH is 1. The molecule has 1 aliphatic rings. The normalized spacial score (nSPS) is 16.3. The topological polar surface area (TPSA) is 83.9 Å². The van der Waals surface area contributed by atoms with Crippen molar-refractivity contribution < 1.29 is 24.2 Å². The molecule has 0 saturated heterocycles. The first-order valence-electron chi connectivity index (χ1n) is 9.39. The first-order chi connectivity index (χ1) is 13.7. The van der Waals surface area contributed by atoms with E-state index in [0.29, 0.717) is 17.0 Å². The molecule has 29 heavy (non-hydrogen) atoms. The lowest BCUT2D eigenvalue weighted by Crippen LogP contribution is -2.31. The van der Waals surface area contributed by atoms with Crippen molar-refractivity contribution in [3.63, 3.8) is 0 Å². The largest absolute Gasteiger partial charge is 0.503 e. The number of rotatable bonds is 5. The summed E-state index contributed by atoms with van der Waals surface area (Å²) in [7, 11) is 0. The Bertz CT molecular complexity index is 1000. The second-order valence-corrected chi connectivity index (χ2v) is 7.13. The highest BCUT2D eigenvalue weighted by molar-refractivity contribution is 6.16. The Morgan fingerprint density at radius 3 is 2.17 bits per heavy atom. The number of ether oxygens (including phenoxy) is 1. The zero-order chi connectivity index (χ0) is 21.3. The Kier molecular flexibility index (Phi) is 5.55. The monoisotopic (exact) mass is 393 g/mol. The Morgan fingerprint density at radius 2 is 1.66 bits per heavy atom. The molecule has 0 radical (unpaired) electrons. The highest BCUT2D eigenvalue weighted by atomic mass is 16.5. The minimum absolute atomic E-state index is 0.0805. The van der Waals surface area contributed by atoms with Crippen LogP contribution in [-0.2, 0) is 14.4 Å². The molecular formula is C23H23NO5. The molecule has 150 valence electrons. The van der Waals surface area contributed by atoms with E-state index < -0.39 is 23.7 Å². The number of hydrogen-bond acceptors (Lipinski definition) is 5. The summed E-state index contributed by atoms with van der Waals surface area (Å²) in [6.45, 7) is 6.84. The Labute approximate surface area is 169 Å². The lowest BCUT2D eigenvalue weighted by molar-refractivity contribution is -0.131. The van der Waals surface area contributed by atoms with E-state index in [-0.39, 0.29) is 17.8 Å². The van der Waals surface area contributed by atoms with E-state index in [1.807, 2.05) is 32.0 Å². The van der Waals surface area contributed by atoms with Gasteiger partial charge in [-0.1, -0.05) is 25.1 Å². The van der Waals surface area contributed by atoms with Crippen molar-refractivity contribution >= 4 is 23.3 Å². The van der Waals surface area contributed by atoms with Gasteiger partial charge in [0.15, 0.2) is 11.5 Å². The number of aryl methyl sites for hydroxylation is 2. The second-order valence-electron chi connectivity index (χ2n) is 7.13. The van der Waals surface area contributed by atoms with Crippen molar-refractivity contribution in [2.75, 3.05) is 4.90 Å². The van der Waals surface area contributed by atoms with Gasteiger partial charge in [0, 0.05) is 19.0 Å². The summed E-state index contributed by atoms with van der Waals surface area (Å²) >= 11 is 0. The van der Waals surface area contributed by atoms with Crippen LogP contribution in [0.4, 0.5) is 5.69 Å². The highest BCUT2D eigenvalue weighted by Crippen LogP contribution is 2.42. The molecule has 0 aromatic heterocycles. The number of carbonyl (C=O) groups excluding carboxylic acids is 3. The fourth-order valence-corrected chi connectivity index (χ4v) is 3.64. The second kappa shape index (κ2) is 7.91. The molecule has 6 nitrogen and oxygen atoms in total. The summed E-state index contributed by atoms with van der Waals surface area (Å²) in [5, 5.41) is 10.5. The van der Waals surface area contributed by atoms with Crippen LogP contribution in [0.1, 0.15) is 43.0 Å². The summed E-state index contributed by atoms with van der Waals surface area (Å²) in [5.74, 6) is -1.51. The van der Waals surface area contributed by atoms with E-state index in [1.54, 1.807) is 31.2 Å². The molecule has 6 heteroatoms. The van der Waals surface area contributed by atoms with Crippen LogP contribution in [-0.4, -0.2) is 22.8 Å². The van der Waals surface area contributed by atoms with E-state index in [9.17, 15) is 19.5 Å². The quantitative estimate of drug-likeness (QED) is 0.611. The molecule has 3 rings (SSSR count). The summed E-state index contributed by atoms with van der Waals surface area (Å²) in [6.07, 6.45) is 0.162. The van der Waals surface area contributed by atoms with Crippen LogP contribution < -0.4 is 9.64 Å². The Hall–Kier alpha value is -3.41. The van der Waals surface area contributed by atoms with Crippen LogP contribution >= 0.6 is 0 Å². The van der Waals surface area contributed by atoms with Gasteiger partial charge < -0.3 is 9.84 Å². The SMILES string of the molecule is CCC(=O)C1=C(O)C(=O)N(c2cc(C)cc(C)c2)C1c1ccc(OC(C)=O)cc1. The van der Waals surface area contributed by atoms with Crippen molar-refractivity contribution in [2.45, 2.75) is 40.2 Å². The molecule has 1 aliphatic heterocycles. The number of Topliss-reactive ketones (excluding diaryl/α,β-unsaturated/α-hetero) is 1. The predicted octanol–water partition coefficient (Wildman–Crippen LogP) is 4.11. The molecule has 1 amide bonds. The molecule has 2 aromatic carbocycles. The molecule has 1 unspecified atom stereocenters. The number of ketones is 1. The smallest absolute Gasteiger partial charge is 0.308 e. The maximum atomic E-state index is 13.0. The van der Waals surface area contributed by atoms with Crippen LogP contribution in [0.25, 0.3) is 0 Å². The van der Waals surface area contributed by atoms with Crippen molar-refractivity contribution in [3.8, 4) is 5.75 Å². The Morgan fingerprint density at radius 1 is 1.07 bits per heavy atom. The van der Waals surface area contributed by atoms with E-state index in [4.69, 9.17) is 4.74 Å². The number of esters is 1. The van der Waals surface area contributed by atoms with Crippen LogP contribution in [0.15, 0.2) is 53.8 Å². The van der Waals surface area contributed by atoms with Gasteiger partial charge >= 0.3 is 5.97 Å². The van der Waals surface area contributed by atoms with Crippen molar-refractivity contribution in [1.82, 2.24) is 0 Å².